The Morgan fingerprint density at radius 1 is 0.926 bits per heavy atom. The van der Waals surface area contributed by atoms with Crippen LogP contribution in [0.25, 0.3) is 22.0 Å². The second-order valence-electron chi connectivity index (χ2n) is 6.21. The highest BCUT2D eigenvalue weighted by atomic mass is 35.5. The maximum atomic E-state index is 10.6. The lowest BCUT2D eigenvalue weighted by atomic mass is 9.99. The van der Waals surface area contributed by atoms with E-state index in [2.05, 4.69) is 10.3 Å². The molecule has 0 fully saturated rings. The Morgan fingerprint density at radius 2 is 1.74 bits per heavy atom. The zero-order chi connectivity index (χ0) is 18.8. The molecule has 0 spiro atoms. The van der Waals surface area contributed by atoms with Crippen LogP contribution in [0.15, 0.2) is 72.9 Å². The number of phenolic OH excluding ortho intramolecular Hbond substituents is 1. The first-order valence-corrected chi connectivity index (χ1v) is 8.97. The summed E-state index contributed by atoms with van der Waals surface area (Å²) in [6.45, 7) is 0.283. The Hall–Kier alpha value is -3.08. The minimum Gasteiger partial charge on any atom is -0.507 e. The number of anilines is 2. The fourth-order valence-electron chi connectivity index (χ4n) is 3.18. The van der Waals surface area contributed by atoms with Gasteiger partial charge in [0.2, 0.25) is 0 Å². The molecule has 5 heteroatoms. The monoisotopic (exact) mass is 375 g/mol. The molecular weight excluding hydrogens is 358 g/mol. The first kappa shape index (κ1) is 17.3. The van der Waals surface area contributed by atoms with Gasteiger partial charge in [-0.2, -0.15) is 0 Å². The quantitative estimate of drug-likeness (QED) is 0.442. The maximum absolute atomic E-state index is 10.6. The van der Waals surface area contributed by atoms with E-state index in [1.165, 1.54) is 0 Å². The Kier molecular flexibility index (Phi) is 4.67. The van der Waals surface area contributed by atoms with E-state index in [-0.39, 0.29) is 12.3 Å². The summed E-state index contributed by atoms with van der Waals surface area (Å²) in [4.78, 5) is 4.38. The van der Waals surface area contributed by atoms with E-state index in [4.69, 9.17) is 17.3 Å². The summed E-state index contributed by atoms with van der Waals surface area (Å²) in [6.07, 6.45) is 1.75. The number of nitrogens with two attached hydrogens (primary N) is 1. The molecule has 134 valence electrons. The molecule has 0 unspecified atom stereocenters. The van der Waals surface area contributed by atoms with E-state index in [0.29, 0.717) is 10.6 Å². The highest BCUT2D eigenvalue weighted by Crippen LogP contribution is 2.38. The van der Waals surface area contributed by atoms with Crippen molar-refractivity contribution in [2.24, 2.45) is 5.73 Å². The van der Waals surface area contributed by atoms with Crippen LogP contribution >= 0.6 is 11.6 Å². The predicted octanol–water partition coefficient (Wildman–Crippen LogP) is 5.46. The maximum Gasteiger partial charge on any atom is 0.127 e. The standard InChI is InChI=1S/C22H18ClN3O/c23-15-8-9-18-20(10-11-25-21(18)12-15)26-19-7-2-1-5-16(19)17-6-3-4-14(13-24)22(17)27/h1-12,27H,13,24H2,(H,25,26). The molecule has 4 N–H and O–H groups in total. The summed E-state index contributed by atoms with van der Waals surface area (Å²) in [7, 11) is 0. The average Bonchev–Trinajstić information content (AvgIpc) is 2.69. The van der Waals surface area contributed by atoms with Crippen LogP contribution in [0.3, 0.4) is 0 Å². The van der Waals surface area contributed by atoms with Crippen LogP contribution in [0.4, 0.5) is 11.4 Å². The molecule has 3 aromatic carbocycles. The van der Waals surface area contributed by atoms with Gasteiger partial charge in [-0.15, -0.1) is 0 Å². The van der Waals surface area contributed by atoms with Gasteiger partial charge in [0, 0.05) is 51.2 Å². The topological polar surface area (TPSA) is 71.2 Å². The first-order valence-electron chi connectivity index (χ1n) is 8.59. The number of pyridine rings is 1. The van der Waals surface area contributed by atoms with Crippen molar-refractivity contribution in [2.45, 2.75) is 6.54 Å². The second kappa shape index (κ2) is 7.27. The lowest BCUT2D eigenvalue weighted by Crippen LogP contribution is -1.99. The molecule has 0 aliphatic rings. The van der Waals surface area contributed by atoms with E-state index in [1.54, 1.807) is 6.20 Å². The van der Waals surface area contributed by atoms with Crippen molar-refractivity contribution >= 4 is 33.9 Å². The molecule has 1 heterocycles. The molecule has 4 nitrogen and oxygen atoms in total. The van der Waals surface area contributed by atoms with Gasteiger partial charge in [0.25, 0.3) is 0 Å². The summed E-state index contributed by atoms with van der Waals surface area (Å²) >= 11 is 6.08. The third-order valence-electron chi connectivity index (χ3n) is 4.53. The van der Waals surface area contributed by atoms with Crippen LogP contribution < -0.4 is 11.1 Å². The van der Waals surface area contributed by atoms with Crippen LogP contribution in [0.5, 0.6) is 5.75 Å². The molecular formula is C22H18ClN3O. The average molecular weight is 376 g/mol. The van der Waals surface area contributed by atoms with Crippen molar-refractivity contribution in [3.63, 3.8) is 0 Å². The number of aromatic hydroxyl groups is 1. The minimum atomic E-state index is 0.209. The van der Waals surface area contributed by atoms with Crippen molar-refractivity contribution < 1.29 is 5.11 Å². The SMILES string of the molecule is NCc1cccc(-c2ccccc2Nc2ccnc3cc(Cl)ccc23)c1O. The summed E-state index contributed by atoms with van der Waals surface area (Å²) < 4.78 is 0. The Labute approximate surface area is 162 Å². The number of rotatable bonds is 4. The third-order valence-corrected chi connectivity index (χ3v) is 4.77. The summed E-state index contributed by atoms with van der Waals surface area (Å²) in [6, 6.07) is 21.0. The van der Waals surface area contributed by atoms with Gasteiger partial charge in [-0.1, -0.05) is 48.0 Å². The molecule has 0 aliphatic heterocycles. The highest BCUT2D eigenvalue weighted by molar-refractivity contribution is 6.31. The van der Waals surface area contributed by atoms with Gasteiger partial charge >= 0.3 is 0 Å². The zero-order valence-electron chi connectivity index (χ0n) is 14.5. The van der Waals surface area contributed by atoms with Crippen molar-refractivity contribution in [3.05, 3.63) is 83.5 Å². The Morgan fingerprint density at radius 3 is 2.59 bits per heavy atom. The van der Waals surface area contributed by atoms with E-state index in [1.807, 2.05) is 66.7 Å². The molecule has 27 heavy (non-hydrogen) atoms. The lowest BCUT2D eigenvalue weighted by molar-refractivity contribution is 0.470. The number of phenols is 1. The molecule has 0 amide bonds. The lowest BCUT2D eigenvalue weighted by Gasteiger charge is -2.16. The van der Waals surface area contributed by atoms with Gasteiger partial charge in [-0.05, 0) is 30.3 Å². The number of nitrogens with one attached hydrogen (secondary N) is 1. The van der Waals surface area contributed by atoms with Crippen LogP contribution in [-0.2, 0) is 6.54 Å². The number of halogens is 1. The van der Waals surface area contributed by atoms with Crippen LogP contribution in [0, 0.1) is 0 Å². The largest absolute Gasteiger partial charge is 0.507 e. The van der Waals surface area contributed by atoms with Crippen LogP contribution in [0.1, 0.15) is 5.56 Å². The van der Waals surface area contributed by atoms with Gasteiger partial charge in [-0.25, -0.2) is 0 Å². The van der Waals surface area contributed by atoms with Gasteiger partial charge < -0.3 is 16.2 Å². The van der Waals surface area contributed by atoms with Crippen molar-refractivity contribution in [2.75, 3.05) is 5.32 Å². The number of para-hydroxylation sites is 2. The van der Waals surface area contributed by atoms with Crippen LogP contribution in [0.2, 0.25) is 5.02 Å². The second-order valence-corrected chi connectivity index (χ2v) is 6.64. The zero-order valence-corrected chi connectivity index (χ0v) is 15.2. The number of fused-ring (bicyclic) bond motifs is 1. The third kappa shape index (κ3) is 3.33. The fourth-order valence-corrected chi connectivity index (χ4v) is 3.34. The predicted molar refractivity (Wildman–Crippen MR) is 111 cm³/mol. The molecule has 0 aliphatic carbocycles. The van der Waals surface area contributed by atoms with Crippen molar-refractivity contribution in [3.8, 4) is 16.9 Å². The number of benzene rings is 3. The van der Waals surface area contributed by atoms with E-state index < -0.39 is 0 Å². The van der Waals surface area contributed by atoms with Gasteiger partial charge in [-0.3, -0.25) is 4.98 Å². The van der Waals surface area contributed by atoms with Gasteiger partial charge in [0.1, 0.15) is 5.75 Å². The van der Waals surface area contributed by atoms with E-state index in [9.17, 15) is 5.11 Å². The Balaban J connectivity index is 1.82. The van der Waals surface area contributed by atoms with Crippen molar-refractivity contribution in [1.82, 2.24) is 4.98 Å². The first-order chi connectivity index (χ1) is 13.2. The molecule has 4 rings (SSSR count). The van der Waals surface area contributed by atoms with E-state index in [0.717, 1.165) is 33.4 Å². The molecule has 1 aromatic heterocycles. The normalized spacial score (nSPS) is 10.9. The highest BCUT2D eigenvalue weighted by Gasteiger charge is 2.12. The molecule has 0 bridgehead atoms. The number of nitrogens with zero attached hydrogens (tertiary/aromatic N) is 1. The number of hydrogen-bond donors (Lipinski definition) is 3. The summed E-state index contributed by atoms with van der Waals surface area (Å²) in [5.41, 5.74) is 10.7. The molecule has 0 saturated heterocycles. The van der Waals surface area contributed by atoms with Gasteiger partial charge in [0.05, 0.1) is 5.52 Å². The summed E-state index contributed by atoms with van der Waals surface area (Å²) in [5, 5.41) is 15.7. The molecule has 4 aromatic rings. The molecule has 0 atom stereocenters. The molecule has 0 radical (unpaired) electrons. The van der Waals surface area contributed by atoms with Crippen LogP contribution in [-0.4, -0.2) is 10.1 Å². The smallest absolute Gasteiger partial charge is 0.127 e. The van der Waals surface area contributed by atoms with Crippen molar-refractivity contribution in [1.29, 1.82) is 0 Å². The van der Waals surface area contributed by atoms with Gasteiger partial charge in [0.15, 0.2) is 0 Å². The fraction of sp³-hybridized carbons (Fsp3) is 0.0455. The number of aromatic nitrogens is 1. The minimum absolute atomic E-state index is 0.209. The Bertz CT molecular complexity index is 1130. The number of hydrogen-bond acceptors (Lipinski definition) is 4. The summed E-state index contributed by atoms with van der Waals surface area (Å²) in [5.74, 6) is 0.209. The van der Waals surface area contributed by atoms with E-state index >= 15 is 0 Å². The molecule has 0 saturated carbocycles.